The predicted octanol–water partition coefficient (Wildman–Crippen LogP) is 6.71. The van der Waals surface area contributed by atoms with E-state index in [4.69, 9.17) is 54.3 Å². The minimum absolute atomic E-state index is 0.00819. The van der Waals surface area contributed by atoms with Crippen molar-refractivity contribution < 1.29 is 96.1 Å². The van der Waals surface area contributed by atoms with E-state index in [1.54, 1.807) is 56.3 Å². The zero-order valence-corrected chi connectivity index (χ0v) is 54.6. The number of nitrogens with one attached hydrogen (secondary N) is 3. The van der Waals surface area contributed by atoms with Crippen LogP contribution in [-0.2, 0) is 75.0 Å². The van der Waals surface area contributed by atoms with Crippen LogP contribution in [-0.4, -0.2) is 207 Å². The van der Waals surface area contributed by atoms with Crippen LogP contribution in [0.1, 0.15) is 116 Å². The zero-order valence-electron chi connectivity index (χ0n) is 53.8. The highest BCUT2D eigenvalue weighted by atomic mass is 35.5. The number of anilines is 3. The maximum absolute atomic E-state index is 14.4. The number of hydrogen-bond donors (Lipinski definition) is 5. The second-order valence-corrected chi connectivity index (χ2v) is 24.4. The molecular formula is C63H87ClN8O20. The fourth-order valence-corrected chi connectivity index (χ4v) is 11.6. The van der Waals surface area contributed by atoms with Gasteiger partial charge in [-0.05, 0) is 88.3 Å². The van der Waals surface area contributed by atoms with Crippen molar-refractivity contribution in [1.82, 2.24) is 25.1 Å². The summed E-state index contributed by atoms with van der Waals surface area (Å²) in [5, 5.41) is 31.3. The number of amides is 8. The maximum Gasteiger partial charge on any atom is 0.411 e. The Morgan fingerprint density at radius 2 is 1.57 bits per heavy atom. The molecule has 1 unspecified atom stereocenters. The Bertz CT molecular complexity index is 3070. The van der Waals surface area contributed by atoms with Crippen LogP contribution in [0, 0.1) is 5.92 Å². The summed E-state index contributed by atoms with van der Waals surface area (Å²) in [7, 11) is 8.62. The molecule has 5 N–H and O–H groups in total. The monoisotopic (exact) mass is 1310 g/mol. The number of halogens is 1. The van der Waals surface area contributed by atoms with E-state index >= 15 is 0 Å². The third kappa shape index (κ3) is 18.7. The number of likely N-dealkylation sites (N-methyl/N-ethyl adjacent to an activating group) is 3. The summed E-state index contributed by atoms with van der Waals surface area (Å²) in [6.45, 7) is 5.72. The Morgan fingerprint density at radius 1 is 0.902 bits per heavy atom. The molecule has 29 heteroatoms. The topological polar surface area (TPSA) is 333 Å². The van der Waals surface area contributed by atoms with E-state index in [9.17, 15) is 53.4 Å². The quantitative estimate of drug-likeness (QED) is 0.0302. The van der Waals surface area contributed by atoms with Crippen molar-refractivity contribution in [2.75, 3.05) is 84.2 Å². The van der Waals surface area contributed by atoms with Gasteiger partial charge in [0.1, 0.15) is 60.0 Å². The van der Waals surface area contributed by atoms with Gasteiger partial charge in [0, 0.05) is 73.6 Å². The molecule has 4 bridgehead atoms. The number of hydroxylamine groups is 2. The summed E-state index contributed by atoms with van der Waals surface area (Å²) in [5.41, 5.74) is -0.351. The number of benzene rings is 2. The lowest BCUT2D eigenvalue weighted by atomic mass is 9.83. The van der Waals surface area contributed by atoms with Gasteiger partial charge in [0.2, 0.25) is 11.8 Å². The van der Waals surface area contributed by atoms with E-state index in [1.165, 1.54) is 64.0 Å². The predicted molar refractivity (Wildman–Crippen MR) is 332 cm³/mol. The third-order valence-corrected chi connectivity index (χ3v) is 17.5. The number of esters is 1. The second-order valence-electron chi connectivity index (χ2n) is 24.1. The molecule has 0 aromatic heterocycles. The number of methoxy groups -OCH3 is 2. The molecule has 92 heavy (non-hydrogen) atoms. The van der Waals surface area contributed by atoms with Crippen LogP contribution in [0.25, 0.3) is 0 Å². The average molecular weight is 1310 g/mol. The van der Waals surface area contributed by atoms with E-state index < -0.39 is 114 Å². The van der Waals surface area contributed by atoms with Crippen LogP contribution in [0.4, 0.5) is 36.2 Å². The number of rotatable bonds is 20. The van der Waals surface area contributed by atoms with E-state index in [-0.39, 0.29) is 81.0 Å². The summed E-state index contributed by atoms with van der Waals surface area (Å²) in [4.78, 5) is 129. The molecular weight excluding hydrogens is 1220 g/mol. The van der Waals surface area contributed by atoms with Crippen molar-refractivity contribution in [3.8, 4) is 5.75 Å². The number of allylic oxidation sites excluding steroid dienone is 3. The number of carbonyl (C=O) groups excluding carboxylic acids is 9. The third-order valence-electron chi connectivity index (χ3n) is 17.2. The first kappa shape index (κ1) is 71.7. The normalized spacial score (nSPS) is 25.4. The van der Waals surface area contributed by atoms with Gasteiger partial charge in [-0.25, -0.2) is 28.8 Å². The number of alkyl carbamates (subject to hydrolysis) is 1. The molecule has 0 radical (unpaired) electrons. The summed E-state index contributed by atoms with van der Waals surface area (Å²) >= 11 is 6.83. The highest BCUT2D eigenvalue weighted by molar-refractivity contribution is 6.35. The summed E-state index contributed by atoms with van der Waals surface area (Å²) < 4.78 is 46.1. The fraction of sp³-hybridized carbons (Fsp3) is 0.603. The molecule has 5 aliphatic rings. The van der Waals surface area contributed by atoms with Gasteiger partial charge in [-0.2, -0.15) is 5.06 Å². The summed E-state index contributed by atoms with van der Waals surface area (Å²) in [6, 6.07) is 6.98. The number of imide groups is 1. The van der Waals surface area contributed by atoms with Gasteiger partial charge in [-0.1, -0.05) is 67.7 Å². The molecule has 9 atom stereocenters. The van der Waals surface area contributed by atoms with Gasteiger partial charge >= 0.3 is 30.3 Å². The maximum atomic E-state index is 14.4. The first-order valence-corrected chi connectivity index (χ1v) is 31.2. The molecule has 1 aliphatic carbocycles. The fourth-order valence-electron chi connectivity index (χ4n) is 11.3. The zero-order chi connectivity index (χ0) is 67.2. The number of aliphatic hydroxyl groups is 2. The van der Waals surface area contributed by atoms with Gasteiger partial charge in [-0.15, -0.1) is 0 Å². The van der Waals surface area contributed by atoms with E-state index in [0.29, 0.717) is 28.5 Å². The molecule has 2 aromatic rings. The van der Waals surface area contributed by atoms with E-state index in [0.717, 1.165) is 61.0 Å². The van der Waals surface area contributed by atoms with Crippen molar-refractivity contribution in [3.05, 3.63) is 70.3 Å². The molecule has 4 heterocycles. The van der Waals surface area contributed by atoms with Crippen molar-refractivity contribution in [1.29, 1.82) is 0 Å². The number of ether oxygens (including phenoxy) is 8. The average Bonchev–Trinajstić information content (AvgIpc) is 1.57. The number of epoxide rings is 1. The molecule has 8 amide bonds. The molecule has 4 fully saturated rings. The van der Waals surface area contributed by atoms with E-state index in [1.807, 2.05) is 13.0 Å². The molecule has 4 aliphatic heterocycles. The standard InChI is InChI=1S/C63H87ClN8O20/c1-37-17-16-20-48(85-10)63(83)34-47(89-59(80)67-63)38(2)56-62(4,91-56)49(33-53(76)71(8)45-31-41(29-37)32-46(84-9)55(45)64)90-57(78)39(3)70(7)50(73)25-28-86-60(81)68(5)26-27-69(6)61(82)87-36-40-21-22-43(66-58(79)88-42-18-14-12-11-13-15-19-42)44(30-40)65-35-54(77)92-72-51(74)23-24-52(72)75/h16-17,20-22,30-32,38-39,42,47-49,54,56,65,77,83H,11-15,18-19,23-29,33-36H2,1-10H3,(H,66,79)(H,67,80)/b20-16+,37-17+/t38-,39+,47+,48-,49+,54?,56+,62+,63+/m1/s1. The van der Waals surface area contributed by atoms with Gasteiger partial charge in [0.05, 0.1) is 49.7 Å². The van der Waals surface area contributed by atoms with E-state index in [2.05, 4.69) is 16.0 Å². The Balaban J connectivity index is 0.923. The number of fused-ring (bicyclic) bond motifs is 5. The second kappa shape index (κ2) is 32.2. The summed E-state index contributed by atoms with van der Waals surface area (Å²) in [5.74, 6) is -3.54. The van der Waals surface area contributed by atoms with Crippen LogP contribution in [0.2, 0.25) is 5.02 Å². The number of carbonyl (C=O) groups is 9. The molecule has 1 saturated carbocycles. The Kier molecular flexibility index (Phi) is 25.1. The molecule has 3 saturated heterocycles. The van der Waals surface area contributed by atoms with Gasteiger partial charge in [0.15, 0.2) is 12.0 Å². The number of hydrogen-bond acceptors (Lipinski definition) is 21. The molecule has 506 valence electrons. The van der Waals surface area contributed by atoms with Crippen LogP contribution in [0.15, 0.2) is 54.1 Å². The van der Waals surface area contributed by atoms with Crippen molar-refractivity contribution in [2.45, 2.75) is 172 Å². The minimum atomic E-state index is -1.91. The number of aliphatic hydroxyl groups excluding tert-OH is 1. The molecule has 2 aromatic carbocycles. The minimum Gasteiger partial charge on any atom is -0.495 e. The smallest absolute Gasteiger partial charge is 0.411 e. The largest absolute Gasteiger partial charge is 0.495 e. The Morgan fingerprint density at radius 3 is 2.23 bits per heavy atom. The SMILES string of the molecule is COc1cc2cc(c1Cl)N(C)C(=O)C[C@H](OC(=O)[C@H](C)N(C)C(=O)CCOC(=O)N(C)CCN(C)C(=O)OCc1ccc(NC(=O)OC3CCCCCCC3)c(NCC(O)ON3C(=O)CCC3=O)c1)[C@]1(C)O[C@H]1[C@H](C)[C@@H]1C[C@@](O)(NC(=O)O1)[C@H](OC)/C=C/C=C(\C)C2. The van der Waals surface area contributed by atoms with Gasteiger partial charge in [-0.3, -0.25) is 29.8 Å². The Labute approximate surface area is 539 Å². The highest BCUT2D eigenvalue weighted by Crippen LogP contribution is 2.49. The lowest BCUT2D eigenvalue weighted by Gasteiger charge is -2.42. The first-order valence-electron chi connectivity index (χ1n) is 30.8. The van der Waals surface area contributed by atoms with Crippen LogP contribution in [0.3, 0.4) is 0 Å². The first-order chi connectivity index (χ1) is 43.6. The lowest BCUT2D eigenvalue weighted by molar-refractivity contribution is -0.239. The Hall–Kier alpha value is -7.76. The van der Waals surface area contributed by atoms with Crippen LogP contribution in [0.5, 0.6) is 5.75 Å². The lowest BCUT2D eigenvalue weighted by Crippen LogP contribution is -2.63. The molecule has 7 rings (SSSR count). The number of nitrogens with zero attached hydrogens (tertiary/aromatic N) is 5. The van der Waals surface area contributed by atoms with Gasteiger partial charge < -0.3 is 73.0 Å². The van der Waals surface area contributed by atoms with Crippen molar-refractivity contribution in [3.63, 3.8) is 0 Å². The van der Waals surface area contributed by atoms with Crippen LogP contribution >= 0.6 is 11.6 Å². The van der Waals surface area contributed by atoms with Crippen molar-refractivity contribution in [2.24, 2.45) is 5.92 Å². The van der Waals surface area contributed by atoms with Crippen LogP contribution < -0.4 is 25.6 Å². The summed E-state index contributed by atoms with van der Waals surface area (Å²) in [6.07, 6.45) is 2.08. The molecule has 0 spiro atoms. The van der Waals surface area contributed by atoms with Crippen molar-refractivity contribution >= 4 is 82.6 Å². The highest BCUT2D eigenvalue weighted by Gasteiger charge is 2.64. The molecule has 28 nitrogen and oxygen atoms in total. The van der Waals surface area contributed by atoms with Gasteiger partial charge in [0.25, 0.3) is 11.8 Å².